The van der Waals surface area contributed by atoms with E-state index in [0.29, 0.717) is 41.3 Å². The molecule has 0 unspecified atom stereocenters. The van der Waals surface area contributed by atoms with E-state index < -0.39 is 17.6 Å². The lowest BCUT2D eigenvalue weighted by molar-refractivity contribution is -0.140. The first-order valence-electron chi connectivity index (χ1n) is 15.3. The number of ether oxygens (including phenoxy) is 3. The van der Waals surface area contributed by atoms with Crippen LogP contribution in [0.2, 0.25) is 0 Å². The normalized spacial score (nSPS) is 14.0. The number of halogens is 1. The zero-order valence-corrected chi connectivity index (χ0v) is 26.7. The summed E-state index contributed by atoms with van der Waals surface area (Å²) in [6, 6.07) is 21.4. The average Bonchev–Trinajstić information content (AvgIpc) is 3.52. The van der Waals surface area contributed by atoms with Gasteiger partial charge in [0, 0.05) is 29.4 Å². The van der Waals surface area contributed by atoms with E-state index in [2.05, 4.69) is 0 Å². The minimum absolute atomic E-state index is 0.0315. The van der Waals surface area contributed by atoms with Crippen LogP contribution in [0.4, 0.5) is 4.39 Å². The smallest absolute Gasteiger partial charge is 0.271 e. The SMILES string of the molecule is CCCCOc1ccc(-c2nn(-c3ccccc3)cc2/C=C2/C(=O)N(CCc3ccc(OC)c(OC)c3)C(=O)C(C#N)=C2C)cc1F. The number of hydrogen-bond donors (Lipinski definition) is 0. The number of hydrogen-bond acceptors (Lipinski definition) is 7. The maximum absolute atomic E-state index is 15.2. The van der Waals surface area contributed by atoms with Crippen molar-refractivity contribution in [1.29, 1.82) is 5.26 Å². The molecule has 2 amide bonds. The van der Waals surface area contributed by atoms with Crippen molar-refractivity contribution in [3.63, 3.8) is 0 Å². The lowest BCUT2D eigenvalue weighted by atomic mass is 9.93. The Bertz CT molecular complexity index is 1910. The molecular weight excluding hydrogens is 599 g/mol. The summed E-state index contributed by atoms with van der Waals surface area (Å²) in [5, 5.41) is 14.7. The Kier molecular flexibility index (Phi) is 10.2. The van der Waals surface area contributed by atoms with E-state index in [1.807, 2.05) is 49.4 Å². The number of imide groups is 1. The largest absolute Gasteiger partial charge is 0.493 e. The molecule has 1 aliphatic rings. The first-order chi connectivity index (χ1) is 22.8. The first kappa shape index (κ1) is 32.7. The molecule has 4 aromatic rings. The molecule has 9 nitrogen and oxygen atoms in total. The third kappa shape index (κ3) is 6.94. The van der Waals surface area contributed by atoms with E-state index >= 15 is 4.39 Å². The van der Waals surface area contributed by atoms with Crippen LogP contribution in [0.3, 0.4) is 0 Å². The molecule has 0 N–H and O–H groups in total. The molecule has 1 aliphatic heterocycles. The van der Waals surface area contributed by atoms with Crippen LogP contribution >= 0.6 is 0 Å². The number of benzene rings is 3. The van der Waals surface area contributed by atoms with Gasteiger partial charge < -0.3 is 14.2 Å². The molecule has 5 rings (SSSR count). The summed E-state index contributed by atoms with van der Waals surface area (Å²) in [6.45, 7) is 4.05. The number of nitrogens with zero attached hydrogens (tertiary/aromatic N) is 4. The number of carbonyl (C=O) groups excluding carboxylic acids is 2. The fourth-order valence-electron chi connectivity index (χ4n) is 5.29. The van der Waals surface area contributed by atoms with Crippen LogP contribution in [0, 0.1) is 17.1 Å². The van der Waals surface area contributed by atoms with E-state index in [9.17, 15) is 14.9 Å². The van der Waals surface area contributed by atoms with Crippen LogP contribution < -0.4 is 14.2 Å². The van der Waals surface area contributed by atoms with Gasteiger partial charge in [-0.3, -0.25) is 14.5 Å². The average molecular weight is 635 g/mol. The van der Waals surface area contributed by atoms with Crippen LogP contribution in [-0.2, 0) is 16.0 Å². The van der Waals surface area contributed by atoms with Gasteiger partial charge in [0.2, 0.25) is 0 Å². The Balaban J connectivity index is 1.54. The highest BCUT2D eigenvalue weighted by Crippen LogP contribution is 2.33. The lowest BCUT2D eigenvalue weighted by Crippen LogP contribution is -2.43. The van der Waals surface area contributed by atoms with Gasteiger partial charge in [-0.1, -0.05) is 37.6 Å². The van der Waals surface area contributed by atoms with Gasteiger partial charge in [0.05, 0.1) is 26.5 Å². The molecule has 0 fully saturated rings. The second-order valence-corrected chi connectivity index (χ2v) is 10.9. The third-order valence-electron chi connectivity index (χ3n) is 7.92. The molecule has 10 heteroatoms. The minimum atomic E-state index is -0.659. The molecule has 0 saturated carbocycles. The Morgan fingerprint density at radius 3 is 2.38 bits per heavy atom. The maximum atomic E-state index is 15.2. The van der Waals surface area contributed by atoms with Crippen molar-refractivity contribution in [2.45, 2.75) is 33.1 Å². The molecule has 0 aliphatic carbocycles. The number of rotatable bonds is 12. The number of para-hydroxylation sites is 1. The number of unbranched alkanes of at least 4 members (excludes halogenated alkanes) is 1. The summed E-state index contributed by atoms with van der Waals surface area (Å²) < 4.78 is 33.1. The molecule has 3 aromatic carbocycles. The van der Waals surface area contributed by atoms with Crippen LogP contribution in [0.25, 0.3) is 23.0 Å². The zero-order chi connectivity index (χ0) is 33.5. The topological polar surface area (TPSA) is 107 Å². The van der Waals surface area contributed by atoms with Gasteiger partial charge in [0.15, 0.2) is 23.1 Å². The quantitative estimate of drug-likeness (QED) is 0.0969. The molecule has 0 radical (unpaired) electrons. The van der Waals surface area contributed by atoms with Gasteiger partial charge in [-0.2, -0.15) is 10.4 Å². The van der Waals surface area contributed by atoms with Crippen LogP contribution in [0.1, 0.15) is 37.8 Å². The van der Waals surface area contributed by atoms with Gasteiger partial charge in [-0.25, -0.2) is 9.07 Å². The molecule has 1 aromatic heterocycles. The summed E-state index contributed by atoms with van der Waals surface area (Å²) in [4.78, 5) is 28.4. The zero-order valence-electron chi connectivity index (χ0n) is 26.7. The van der Waals surface area contributed by atoms with Gasteiger partial charge >= 0.3 is 0 Å². The molecule has 0 spiro atoms. The van der Waals surface area contributed by atoms with Gasteiger partial charge in [0.25, 0.3) is 11.8 Å². The van der Waals surface area contributed by atoms with Crippen molar-refractivity contribution >= 4 is 17.9 Å². The Morgan fingerprint density at radius 1 is 0.957 bits per heavy atom. The Labute approximate surface area is 273 Å². The molecule has 0 saturated heterocycles. The monoisotopic (exact) mass is 634 g/mol. The van der Waals surface area contributed by atoms with E-state index in [0.717, 1.165) is 29.0 Å². The first-order valence-corrected chi connectivity index (χ1v) is 15.3. The predicted octanol–water partition coefficient (Wildman–Crippen LogP) is 6.71. The summed E-state index contributed by atoms with van der Waals surface area (Å²) in [5.74, 6) is -0.509. The highest BCUT2D eigenvalue weighted by Gasteiger charge is 2.35. The fraction of sp³-hybridized carbons (Fsp3) is 0.243. The number of amides is 2. The predicted molar refractivity (Wildman–Crippen MR) is 176 cm³/mol. The third-order valence-corrected chi connectivity index (χ3v) is 7.92. The second-order valence-electron chi connectivity index (χ2n) is 10.9. The van der Waals surface area contributed by atoms with E-state index in [4.69, 9.17) is 19.3 Å². The van der Waals surface area contributed by atoms with Crippen molar-refractivity contribution in [1.82, 2.24) is 14.7 Å². The Morgan fingerprint density at radius 2 is 1.70 bits per heavy atom. The standard InChI is InChI=1S/C37H35FN4O5/c1-5-6-18-47-32-15-13-26(21-31(32)38)35-27(23-42(40-35)28-10-8-7-9-11-28)20-29-24(2)30(22-39)37(44)41(36(29)43)17-16-25-12-14-33(45-3)34(19-25)46-4/h7-15,19-21,23H,5-6,16-18H2,1-4H3/b29-20+. The highest BCUT2D eigenvalue weighted by atomic mass is 19.1. The van der Waals surface area contributed by atoms with Crippen molar-refractivity contribution < 1.29 is 28.2 Å². The van der Waals surface area contributed by atoms with Crippen LogP contribution in [0.5, 0.6) is 17.2 Å². The summed E-state index contributed by atoms with van der Waals surface area (Å²) >= 11 is 0. The van der Waals surface area contributed by atoms with Crippen molar-refractivity contribution in [3.05, 3.63) is 107 Å². The number of aromatic nitrogens is 2. The summed E-state index contributed by atoms with van der Waals surface area (Å²) in [7, 11) is 3.07. The minimum Gasteiger partial charge on any atom is -0.493 e. The molecule has 47 heavy (non-hydrogen) atoms. The number of methoxy groups -OCH3 is 2. The van der Waals surface area contributed by atoms with Crippen molar-refractivity contribution in [2.75, 3.05) is 27.4 Å². The Hall–Kier alpha value is -5.69. The highest BCUT2D eigenvalue weighted by molar-refractivity contribution is 6.19. The molecule has 0 bridgehead atoms. The summed E-state index contributed by atoms with van der Waals surface area (Å²) in [6.07, 6.45) is 5.40. The fourth-order valence-corrected chi connectivity index (χ4v) is 5.29. The van der Waals surface area contributed by atoms with Crippen LogP contribution in [0.15, 0.2) is 89.6 Å². The van der Waals surface area contributed by atoms with Crippen molar-refractivity contribution in [2.24, 2.45) is 0 Å². The maximum Gasteiger partial charge on any atom is 0.271 e. The van der Waals surface area contributed by atoms with Crippen LogP contribution in [-0.4, -0.2) is 53.9 Å². The van der Waals surface area contributed by atoms with Gasteiger partial charge in [0.1, 0.15) is 17.3 Å². The van der Waals surface area contributed by atoms with E-state index in [1.165, 1.54) is 20.3 Å². The van der Waals surface area contributed by atoms with Gasteiger partial charge in [-0.15, -0.1) is 0 Å². The van der Waals surface area contributed by atoms with E-state index in [1.54, 1.807) is 48.1 Å². The molecule has 0 atom stereocenters. The van der Waals surface area contributed by atoms with Crippen molar-refractivity contribution in [3.8, 4) is 40.3 Å². The summed E-state index contributed by atoms with van der Waals surface area (Å²) in [5.41, 5.74) is 3.25. The molecule has 2 heterocycles. The lowest BCUT2D eigenvalue weighted by Gasteiger charge is -2.27. The number of nitriles is 1. The van der Waals surface area contributed by atoms with E-state index in [-0.39, 0.29) is 29.0 Å². The second kappa shape index (κ2) is 14.6. The molecule has 240 valence electrons. The number of carbonyl (C=O) groups is 2. The molecular formula is C37H35FN4O5. The van der Waals surface area contributed by atoms with Gasteiger partial charge in [-0.05, 0) is 79.4 Å².